The fourth-order valence-electron chi connectivity index (χ4n) is 2.26. The van der Waals surface area contributed by atoms with Crippen LogP contribution >= 0.6 is 23.1 Å². The van der Waals surface area contributed by atoms with Gasteiger partial charge in [0, 0.05) is 14.6 Å². The van der Waals surface area contributed by atoms with E-state index in [0.717, 1.165) is 10.6 Å². The summed E-state index contributed by atoms with van der Waals surface area (Å²) in [5, 5.41) is 3.07. The van der Waals surface area contributed by atoms with Gasteiger partial charge in [-0.3, -0.25) is 4.79 Å². The quantitative estimate of drug-likeness (QED) is 0.798. The molecule has 1 aromatic carbocycles. The first-order valence-electron chi connectivity index (χ1n) is 7.12. The lowest BCUT2D eigenvalue weighted by molar-refractivity contribution is -0.119. The summed E-state index contributed by atoms with van der Waals surface area (Å²) in [5.41, 5.74) is 1.21. The zero-order valence-electron chi connectivity index (χ0n) is 13.3. The second-order valence-electron chi connectivity index (χ2n) is 5.12. The minimum absolute atomic E-state index is 0.0499. The van der Waals surface area contributed by atoms with Crippen LogP contribution in [0.1, 0.15) is 28.3 Å². The summed E-state index contributed by atoms with van der Waals surface area (Å²) in [6.45, 7) is 6.22. The third kappa shape index (κ3) is 4.52. The number of hydrogen-bond acceptors (Lipinski definition) is 4. The number of thioether (sulfide) groups is 1. The molecule has 1 unspecified atom stereocenters. The number of carbonyl (C=O) groups is 1. The molecule has 0 spiro atoms. The number of methoxy groups -OCH3 is 1. The molecule has 0 fully saturated rings. The van der Waals surface area contributed by atoms with Gasteiger partial charge in [-0.15, -0.1) is 23.1 Å². The van der Waals surface area contributed by atoms with E-state index in [9.17, 15) is 4.79 Å². The summed E-state index contributed by atoms with van der Waals surface area (Å²) >= 11 is 3.30. The topological polar surface area (TPSA) is 38.3 Å². The number of amides is 1. The van der Waals surface area contributed by atoms with Crippen molar-refractivity contribution in [1.82, 2.24) is 5.32 Å². The molecule has 118 valence electrons. The number of aryl methyl sites for hydroxylation is 2. The molecule has 2 aromatic rings. The maximum Gasteiger partial charge on any atom is 0.230 e. The van der Waals surface area contributed by atoms with Crippen LogP contribution < -0.4 is 10.1 Å². The number of nitrogens with one attached hydrogen (secondary N) is 1. The van der Waals surface area contributed by atoms with Crippen molar-refractivity contribution in [1.29, 1.82) is 0 Å². The summed E-state index contributed by atoms with van der Waals surface area (Å²) in [6, 6.07) is 9.94. The lowest BCUT2D eigenvalue weighted by Gasteiger charge is -2.14. The van der Waals surface area contributed by atoms with E-state index in [1.54, 1.807) is 18.4 Å². The summed E-state index contributed by atoms with van der Waals surface area (Å²) in [5.74, 6) is 1.29. The zero-order valence-corrected chi connectivity index (χ0v) is 14.9. The lowest BCUT2D eigenvalue weighted by Crippen LogP contribution is -2.28. The summed E-state index contributed by atoms with van der Waals surface area (Å²) < 4.78 is 5.12. The number of ether oxygens (including phenoxy) is 1. The maximum atomic E-state index is 12.1. The second kappa shape index (κ2) is 7.70. The van der Waals surface area contributed by atoms with Crippen molar-refractivity contribution in [3.8, 4) is 5.75 Å². The molecule has 5 heteroatoms. The second-order valence-corrected chi connectivity index (χ2v) is 7.63. The Morgan fingerprint density at radius 1 is 1.32 bits per heavy atom. The fourth-order valence-corrected chi connectivity index (χ4v) is 3.99. The number of thiophene rings is 1. The molecule has 1 atom stereocenters. The van der Waals surface area contributed by atoms with Crippen LogP contribution in [0.2, 0.25) is 0 Å². The van der Waals surface area contributed by atoms with Crippen LogP contribution in [0.25, 0.3) is 0 Å². The van der Waals surface area contributed by atoms with Crippen LogP contribution in [0.3, 0.4) is 0 Å². The van der Waals surface area contributed by atoms with Crippen LogP contribution in [-0.4, -0.2) is 18.8 Å². The smallest absolute Gasteiger partial charge is 0.230 e. The molecule has 0 radical (unpaired) electrons. The number of benzene rings is 1. The Balaban J connectivity index is 1.85. The van der Waals surface area contributed by atoms with Crippen molar-refractivity contribution in [3.63, 3.8) is 0 Å². The van der Waals surface area contributed by atoms with E-state index in [4.69, 9.17) is 4.74 Å². The van der Waals surface area contributed by atoms with E-state index >= 15 is 0 Å². The Hall–Kier alpha value is -1.46. The van der Waals surface area contributed by atoms with Crippen LogP contribution in [0.5, 0.6) is 5.75 Å². The predicted octanol–water partition coefficient (Wildman–Crippen LogP) is 4.34. The van der Waals surface area contributed by atoms with Crippen molar-refractivity contribution in [2.45, 2.75) is 31.7 Å². The maximum absolute atomic E-state index is 12.1. The highest BCUT2D eigenvalue weighted by Gasteiger charge is 2.14. The molecule has 0 bridgehead atoms. The normalized spacial score (nSPS) is 12.0. The van der Waals surface area contributed by atoms with E-state index in [0.29, 0.717) is 5.75 Å². The highest BCUT2D eigenvalue weighted by Crippen LogP contribution is 2.26. The van der Waals surface area contributed by atoms with E-state index in [2.05, 4.69) is 25.2 Å². The van der Waals surface area contributed by atoms with Crippen molar-refractivity contribution >= 4 is 29.0 Å². The summed E-state index contributed by atoms with van der Waals surface area (Å²) in [4.78, 5) is 15.7. The van der Waals surface area contributed by atoms with Crippen LogP contribution in [0.4, 0.5) is 0 Å². The molecule has 0 saturated carbocycles. The molecular formula is C17H21NO2S2. The van der Waals surface area contributed by atoms with E-state index in [1.807, 2.05) is 31.2 Å². The van der Waals surface area contributed by atoms with E-state index < -0.39 is 0 Å². The van der Waals surface area contributed by atoms with Crippen molar-refractivity contribution in [2.75, 3.05) is 12.9 Å². The lowest BCUT2D eigenvalue weighted by atomic mass is 10.1. The third-order valence-corrected chi connectivity index (χ3v) is 5.35. The summed E-state index contributed by atoms with van der Waals surface area (Å²) in [6.07, 6.45) is 0. The molecule has 3 nitrogen and oxygen atoms in total. The van der Waals surface area contributed by atoms with Crippen LogP contribution in [-0.2, 0) is 4.79 Å². The Morgan fingerprint density at radius 2 is 2.00 bits per heavy atom. The number of hydrogen-bond donors (Lipinski definition) is 1. The van der Waals surface area contributed by atoms with Gasteiger partial charge < -0.3 is 10.1 Å². The molecule has 1 amide bonds. The minimum atomic E-state index is 0.0499. The molecule has 1 heterocycles. The SMILES string of the molecule is COc1ccc(SCC(=O)NC(C)c2cc(C)sc2C)cc1. The number of rotatable bonds is 6. The standard InChI is InChI=1S/C17H21NO2S2/c1-11-9-16(13(3)22-11)12(2)18-17(19)10-21-15-7-5-14(20-4)6-8-15/h5-9,12H,10H2,1-4H3,(H,18,19). The average molecular weight is 335 g/mol. The first kappa shape index (κ1) is 16.9. The monoisotopic (exact) mass is 335 g/mol. The minimum Gasteiger partial charge on any atom is -0.497 e. The van der Waals surface area contributed by atoms with Gasteiger partial charge in [-0.25, -0.2) is 0 Å². The van der Waals surface area contributed by atoms with Gasteiger partial charge in [0.05, 0.1) is 18.9 Å². The first-order valence-corrected chi connectivity index (χ1v) is 8.93. The van der Waals surface area contributed by atoms with Gasteiger partial charge in [-0.05, 0) is 56.7 Å². The highest BCUT2D eigenvalue weighted by atomic mass is 32.2. The van der Waals surface area contributed by atoms with Gasteiger partial charge >= 0.3 is 0 Å². The zero-order chi connectivity index (χ0) is 16.1. The molecule has 0 aliphatic carbocycles. The van der Waals surface area contributed by atoms with Gasteiger partial charge in [-0.2, -0.15) is 0 Å². The third-order valence-electron chi connectivity index (χ3n) is 3.35. The highest BCUT2D eigenvalue weighted by molar-refractivity contribution is 8.00. The van der Waals surface area contributed by atoms with E-state index in [1.165, 1.54) is 27.1 Å². The van der Waals surface area contributed by atoms with Gasteiger partial charge in [0.15, 0.2) is 0 Å². The molecule has 0 aliphatic rings. The van der Waals surface area contributed by atoms with Crippen molar-refractivity contribution < 1.29 is 9.53 Å². The molecule has 1 aromatic heterocycles. The molecule has 0 aliphatic heterocycles. The van der Waals surface area contributed by atoms with Crippen molar-refractivity contribution in [2.24, 2.45) is 0 Å². The van der Waals surface area contributed by atoms with E-state index in [-0.39, 0.29) is 11.9 Å². The Labute approximate surface area is 140 Å². The Bertz CT molecular complexity index is 635. The molecule has 0 saturated heterocycles. The fraction of sp³-hybridized carbons (Fsp3) is 0.353. The van der Waals surface area contributed by atoms with Crippen LogP contribution in [0, 0.1) is 13.8 Å². The largest absolute Gasteiger partial charge is 0.497 e. The summed E-state index contributed by atoms with van der Waals surface area (Å²) in [7, 11) is 1.64. The molecule has 1 N–H and O–H groups in total. The van der Waals surface area contributed by atoms with Crippen LogP contribution in [0.15, 0.2) is 35.2 Å². The van der Waals surface area contributed by atoms with Gasteiger partial charge in [0.2, 0.25) is 5.91 Å². The average Bonchev–Trinajstić information content (AvgIpc) is 2.84. The Morgan fingerprint density at radius 3 is 2.55 bits per heavy atom. The van der Waals surface area contributed by atoms with Gasteiger partial charge in [-0.1, -0.05) is 0 Å². The first-order chi connectivity index (χ1) is 10.5. The molecule has 2 rings (SSSR count). The molecule has 22 heavy (non-hydrogen) atoms. The predicted molar refractivity (Wildman–Crippen MR) is 94.1 cm³/mol. The Kier molecular flexibility index (Phi) is 5.91. The van der Waals surface area contributed by atoms with Gasteiger partial charge in [0.25, 0.3) is 0 Å². The molecular weight excluding hydrogens is 314 g/mol. The van der Waals surface area contributed by atoms with Gasteiger partial charge in [0.1, 0.15) is 5.75 Å². The van der Waals surface area contributed by atoms with Crippen molar-refractivity contribution in [3.05, 3.63) is 45.6 Å². The number of carbonyl (C=O) groups excluding carboxylic acids is 1.